The number of rotatable bonds is 4. The summed E-state index contributed by atoms with van der Waals surface area (Å²) in [5, 5.41) is 6.72. The molecule has 0 aliphatic carbocycles. The van der Waals surface area contributed by atoms with Crippen molar-refractivity contribution in [1.82, 2.24) is 20.0 Å². The van der Waals surface area contributed by atoms with Crippen LogP contribution < -0.4 is 5.73 Å². The predicted molar refractivity (Wildman–Crippen MR) is 73.9 cm³/mol. The number of nitrogens with zero attached hydrogens (tertiary/aromatic N) is 3. The zero-order valence-corrected chi connectivity index (χ0v) is 11.7. The van der Waals surface area contributed by atoms with E-state index in [1.807, 2.05) is 11.8 Å². The van der Waals surface area contributed by atoms with Gasteiger partial charge in [-0.25, -0.2) is 0 Å². The molecule has 1 atom stereocenters. The van der Waals surface area contributed by atoms with Crippen LogP contribution in [-0.4, -0.2) is 64.7 Å². The highest BCUT2D eigenvalue weighted by atomic mass is 16.2. The van der Waals surface area contributed by atoms with Gasteiger partial charge in [-0.05, 0) is 13.3 Å². The van der Waals surface area contributed by atoms with Crippen LogP contribution in [0.2, 0.25) is 0 Å². The van der Waals surface area contributed by atoms with Crippen molar-refractivity contribution >= 4 is 5.91 Å². The Morgan fingerprint density at radius 2 is 2.16 bits per heavy atom. The molecule has 0 radical (unpaired) electrons. The average Bonchev–Trinajstić information content (AvgIpc) is 2.86. The van der Waals surface area contributed by atoms with Crippen LogP contribution in [0.1, 0.15) is 29.4 Å². The lowest BCUT2D eigenvalue weighted by atomic mass is 10.1. The third kappa shape index (κ3) is 2.96. The van der Waals surface area contributed by atoms with Crippen LogP contribution in [0.3, 0.4) is 0 Å². The fourth-order valence-electron chi connectivity index (χ4n) is 2.60. The van der Waals surface area contributed by atoms with E-state index in [0.717, 1.165) is 38.3 Å². The highest BCUT2D eigenvalue weighted by molar-refractivity contribution is 5.95. The van der Waals surface area contributed by atoms with Crippen LogP contribution >= 0.6 is 0 Å². The van der Waals surface area contributed by atoms with Gasteiger partial charge in [0, 0.05) is 44.5 Å². The van der Waals surface area contributed by atoms with E-state index in [9.17, 15) is 4.79 Å². The van der Waals surface area contributed by atoms with Crippen LogP contribution in [0.25, 0.3) is 0 Å². The Bertz CT molecular complexity index is 418. The Kier molecular flexibility index (Phi) is 4.55. The number of hydrogen-bond acceptors (Lipinski definition) is 4. The largest absolute Gasteiger partial charge is 0.336 e. The monoisotopic (exact) mass is 265 g/mol. The molecule has 1 aromatic rings. The van der Waals surface area contributed by atoms with Crippen molar-refractivity contribution in [2.75, 3.05) is 32.7 Å². The van der Waals surface area contributed by atoms with Gasteiger partial charge in [0.05, 0.1) is 11.8 Å². The second kappa shape index (κ2) is 6.16. The predicted octanol–water partition coefficient (Wildman–Crippen LogP) is 0.213. The molecule has 1 aromatic heterocycles. The molecule has 3 N–H and O–H groups in total. The molecular weight excluding hydrogens is 242 g/mol. The van der Waals surface area contributed by atoms with Crippen LogP contribution in [0.5, 0.6) is 0 Å². The molecule has 0 spiro atoms. The number of carbonyl (C=O) groups is 1. The van der Waals surface area contributed by atoms with Crippen molar-refractivity contribution in [3.05, 3.63) is 17.5 Å². The standard InChI is InChI=1S/C13H23N5O/c1-3-11(8-14)17-4-6-18(7-5-17)13(19)12-9-15-16-10(12)2/h9,11H,3-8,14H2,1-2H3,(H,15,16). The van der Waals surface area contributed by atoms with Crippen LogP contribution in [-0.2, 0) is 0 Å². The number of nitrogens with two attached hydrogens (primary N) is 1. The number of aryl methyl sites for hydroxylation is 1. The number of H-pyrrole nitrogens is 1. The lowest BCUT2D eigenvalue weighted by Crippen LogP contribution is -2.53. The van der Waals surface area contributed by atoms with Crippen LogP contribution in [0, 0.1) is 6.92 Å². The molecule has 2 rings (SSSR count). The zero-order valence-electron chi connectivity index (χ0n) is 11.7. The topological polar surface area (TPSA) is 78.2 Å². The van der Waals surface area contributed by atoms with Gasteiger partial charge in [-0.2, -0.15) is 5.10 Å². The van der Waals surface area contributed by atoms with Gasteiger partial charge in [0.25, 0.3) is 5.91 Å². The van der Waals surface area contributed by atoms with Crippen molar-refractivity contribution in [3.8, 4) is 0 Å². The maximum atomic E-state index is 12.3. The number of piperazine rings is 1. The summed E-state index contributed by atoms with van der Waals surface area (Å²) >= 11 is 0. The number of aromatic amines is 1. The molecular formula is C13H23N5O. The molecule has 0 aromatic carbocycles. The summed E-state index contributed by atoms with van der Waals surface area (Å²) in [4.78, 5) is 16.6. The zero-order chi connectivity index (χ0) is 13.8. The smallest absolute Gasteiger partial charge is 0.257 e. The summed E-state index contributed by atoms with van der Waals surface area (Å²) in [6, 6.07) is 0.438. The first-order chi connectivity index (χ1) is 9.17. The molecule has 19 heavy (non-hydrogen) atoms. The Hall–Kier alpha value is -1.40. The maximum absolute atomic E-state index is 12.3. The molecule has 6 nitrogen and oxygen atoms in total. The second-order valence-electron chi connectivity index (χ2n) is 5.03. The third-order valence-electron chi connectivity index (χ3n) is 3.92. The highest BCUT2D eigenvalue weighted by Gasteiger charge is 2.26. The molecule has 1 aliphatic rings. The van der Waals surface area contributed by atoms with E-state index < -0.39 is 0 Å². The Balaban J connectivity index is 1.93. The number of hydrogen-bond donors (Lipinski definition) is 2. The van der Waals surface area contributed by atoms with Crippen LogP contribution in [0.15, 0.2) is 6.20 Å². The lowest BCUT2D eigenvalue weighted by Gasteiger charge is -2.38. The van der Waals surface area contributed by atoms with Crippen molar-refractivity contribution < 1.29 is 4.79 Å². The normalized spacial score (nSPS) is 18.6. The van der Waals surface area contributed by atoms with E-state index in [0.29, 0.717) is 18.2 Å². The Labute approximate surface area is 113 Å². The molecule has 106 valence electrons. The van der Waals surface area contributed by atoms with Crippen molar-refractivity contribution in [2.45, 2.75) is 26.3 Å². The third-order valence-corrected chi connectivity index (χ3v) is 3.92. The number of nitrogens with one attached hydrogen (secondary N) is 1. The fraction of sp³-hybridized carbons (Fsp3) is 0.692. The van der Waals surface area contributed by atoms with E-state index >= 15 is 0 Å². The quantitative estimate of drug-likeness (QED) is 0.816. The summed E-state index contributed by atoms with van der Waals surface area (Å²) < 4.78 is 0. The molecule has 1 fully saturated rings. The first kappa shape index (κ1) is 14.0. The number of aromatic nitrogens is 2. The van der Waals surface area contributed by atoms with Crippen molar-refractivity contribution in [3.63, 3.8) is 0 Å². The highest BCUT2D eigenvalue weighted by Crippen LogP contribution is 2.13. The Morgan fingerprint density at radius 3 is 2.63 bits per heavy atom. The van der Waals surface area contributed by atoms with Gasteiger partial charge in [-0.15, -0.1) is 0 Å². The molecule has 1 amide bonds. The minimum Gasteiger partial charge on any atom is -0.336 e. The van der Waals surface area contributed by atoms with E-state index in [2.05, 4.69) is 22.0 Å². The Morgan fingerprint density at radius 1 is 1.47 bits per heavy atom. The van der Waals surface area contributed by atoms with Gasteiger partial charge in [0.2, 0.25) is 0 Å². The first-order valence-corrected chi connectivity index (χ1v) is 6.90. The lowest BCUT2D eigenvalue weighted by molar-refractivity contribution is 0.0571. The average molecular weight is 265 g/mol. The SMILES string of the molecule is CCC(CN)N1CCN(C(=O)c2cn[nH]c2C)CC1. The minimum atomic E-state index is 0.0756. The number of carbonyl (C=O) groups excluding carboxylic acids is 1. The molecule has 1 saturated heterocycles. The van der Waals surface area contributed by atoms with Gasteiger partial charge in [0.15, 0.2) is 0 Å². The summed E-state index contributed by atoms with van der Waals surface area (Å²) in [6.45, 7) is 8.05. The van der Waals surface area contributed by atoms with E-state index in [4.69, 9.17) is 5.73 Å². The molecule has 0 bridgehead atoms. The summed E-state index contributed by atoms with van der Waals surface area (Å²) in [6.07, 6.45) is 2.67. The molecule has 2 heterocycles. The van der Waals surface area contributed by atoms with Gasteiger partial charge in [-0.1, -0.05) is 6.92 Å². The van der Waals surface area contributed by atoms with Crippen molar-refractivity contribution in [1.29, 1.82) is 0 Å². The maximum Gasteiger partial charge on any atom is 0.257 e. The van der Waals surface area contributed by atoms with Gasteiger partial charge >= 0.3 is 0 Å². The second-order valence-corrected chi connectivity index (χ2v) is 5.03. The molecule has 1 unspecified atom stereocenters. The molecule has 0 saturated carbocycles. The van der Waals surface area contributed by atoms with Crippen LogP contribution in [0.4, 0.5) is 0 Å². The van der Waals surface area contributed by atoms with Crippen molar-refractivity contribution in [2.24, 2.45) is 5.73 Å². The summed E-state index contributed by atoms with van der Waals surface area (Å²) in [7, 11) is 0. The summed E-state index contributed by atoms with van der Waals surface area (Å²) in [5.74, 6) is 0.0756. The van der Waals surface area contributed by atoms with Gasteiger partial charge in [0.1, 0.15) is 0 Å². The van der Waals surface area contributed by atoms with E-state index in [1.54, 1.807) is 6.20 Å². The van der Waals surface area contributed by atoms with E-state index in [1.165, 1.54) is 0 Å². The summed E-state index contributed by atoms with van der Waals surface area (Å²) in [5.41, 5.74) is 7.29. The minimum absolute atomic E-state index is 0.0756. The fourth-order valence-corrected chi connectivity index (χ4v) is 2.60. The number of amides is 1. The van der Waals surface area contributed by atoms with Gasteiger partial charge in [-0.3, -0.25) is 14.8 Å². The van der Waals surface area contributed by atoms with E-state index in [-0.39, 0.29) is 5.91 Å². The van der Waals surface area contributed by atoms with Gasteiger partial charge < -0.3 is 10.6 Å². The molecule has 1 aliphatic heterocycles. The molecule has 6 heteroatoms. The first-order valence-electron chi connectivity index (χ1n) is 6.90.